The van der Waals surface area contributed by atoms with Gasteiger partial charge in [-0.1, -0.05) is 34.8 Å². The molecule has 3 nitrogen and oxygen atoms in total. The van der Waals surface area contributed by atoms with Gasteiger partial charge in [0.1, 0.15) is 0 Å². The molecule has 18 heavy (non-hydrogen) atoms. The Morgan fingerprint density at radius 2 is 1.83 bits per heavy atom. The summed E-state index contributed by atoms with van der Waals surface area (Å²) < 4.78 is 1.81. The lowest BCUT2D eigenvalue weighted by Gasteiger charge is -2.17. The summed E-state index contributed by atoms with van der Waals surface area (Å²) in [4.78, 5) is 0. The normalized spacial score (nSPS) is 12.5. The van der Waals surface area contributed by atoms with Crippen LogP contribution in [0.25, 0.3) is 0 Å². The van der Waals surface area contributed by atoms with Gasteiger partial charge >= 0.3 is 0 Å². The quantitative estimate of drug-likeness (QED) is 0.843. The Morgan fingerprint density at radius 3 is 2.44 bits per heavy atom. The topological polar surface area (TPSA) is 29.9 Å². The van der Waals surface area contributed by atoms with Crippen molar-refractivity contribution in [2.24, 2.45) is 7.05 Å². The third-order valence-electron chi connectivity index (χ3n) is 2.68. The van der Waals surface area contributed by atoms with Crippen LogP contribution in [0.4, 0.5) is 5.69 Å². The van der Waals surface area contributed by atoms with Crippen molar-refractivity contribution >= 4 is 40.5 Å². The van der Waals surface area contributed by atoms with Crippen molar-refractivity contribution in [3.63, 3.8) is 0 Å². The third-order valence-corrected chi connectivity index (χ3v) is 3.72. The average molecular weight is 305 g/mol. The number of aromatic nitrogens is 2. The van der Waals surface area contributed by atoms with E-state index in [4.69, 9.17) is 34.8 Å². The Labute approximate surface area is 121 Å². The second-order valence-electron chi connectivity index (χ2n) is 3.99. The van der Waals surface area contributed by atoms with Crippen LogP contribution in [0.3, 0.4) is 0 Å². The van der Waals surface area contributed by atoms with Crippen molar-refractivity contribution in [1.82, 2.24) is 9.78 Å². The zero-order chi connectivity index (χ0) is 13.3. The Balaban J connectivity index is 2.24. The molecule has 96 valence electrons. The molecule has 1 aromatic carbocycles. The molecule has 0 radical (unpaired) electrons. The fourth-order valence-electron chi connectivity index (χ4n) is 1.75. The number of benzene rings is 1. The maximum atomic E-state index is 6.12. The number of hydrogen-bond donors (Lipinski definition) is 1. The van der Waals surface area contributed by atoms with E-state index in [1.165, 1.54) is 0 Å². The summed E-state index contributed by atoms with van der Waals surface area (Å²) in [7, 11) is 1.89. The molecule has 0 aliphatic heterocycles. The second-order valence-corrected chi connectivity index (χ2v) is 5.21. The van der Waals surface area contributed by atoms with Crippen LogP contribution in [0.1, 0.15) is 18.7 Å². The van der Waals surface area contributed by atoms with E-state index in [9.17, 15) is 0 Å². The van der Waals surface area contributed by atoms with Gasteiger partial charge in [-0.05, 0) is 25.1 Å². The molecule has 1 aromatic heterocycles. The van der Waals surface area contributed by atoms with E-state index in [-0.39, 0.29) is 6.04 Å². The van der Waals surface area contributed by atoms with Crippen LogP contribution >= 0.6 is 34.8 Å². The number of anilines is 1. The van der Waals surface area contributed by atoms with Gasteiger partial charge in [-0.25, -0.2) is 0 Å². The summed E-state index contributed by atoms with van der Waals surface area (Å²) in [6.45, 7) is 2.02. The first-order valence-electron chi connectivity index (χ1n) is 5.38. The van der Waals surface area contributed by atoms with Gasteiger partial charge in [0.2, 0.25) is 0 Å². The molecule has 0 saturated carbocycles. The minimum Gasteiger partial charge on any atom is -0.376 e. The molecule has 1 heterocycles. The van der Waals surface area contributed by atoms with Crippen LogP contribution in [0.2, 0.25) is 15.1 Å². The van der Waals surface area contributed by atoms with Gasteiger partial charge in [0.25, 0.3) is 0 Å². The van der Waals surface area contributed by atoms with E-state index in [0.717, 1.165) is 11.4 Å². The largest absolute Gasteiger partial charge is 0.376 e. The van der Waals surface area contributed by atoms with Gasteiger partial charge in [0, 0.05) is 13.2 Å². The number of halogens is 3. The summed E-state index contributed by atoms with van der Waals surface area (Å²) in [6, 6.07) is 5.36. The van der Waals surface area contributed by atoms with Crippen LogP contribution in [0.15, 0.2) is 24.4 Å². The van der Waals surface area contributed by atoms with Gasteiger partial charge in [-0.15, -0.1) is 0 Å². The third kappa shape index (κ3) is 2.74. The van der Waals surface area contributed by atoms with E-state index < -0.39 is 0 Å². The van der Waals surface area contributed by atoms with Crippen molar-refractivity contribution in [2.75, 3.05) is 5.32 Å². The Hall–Kier alpha value is -0.900. The number of aryl methyl sites for hydroxylation is 1. The molecule has 0 bridgehead atoms. The molecule has 2 rings (SSSR count). The lowest BCUT2D eigenvalue weighted by molar-refractivity contribution is 0.676. The van der Waals surface area contributed by atoms with Crippen LogP contribution < -0.4 is 5.32 Å². The lowest BCUT2D eigenvalue weighted by Crippen LogP contribution is -2.11. The molecular weight excluding hydrogens is 293 g/mol. The zero-order valence-corrected chi connectivity index (χ0v) is 12.2. The number of nitrogens with one attached hydrogen (secondary N) is 1. The molecule has 6 heteroatoms. The standard InChI is InChI=1S/C12H12Cl3N3/c1-7(12-3-4-16-18(12)2)17-11-6-9(14)8(13)5-10(11)15/h3-7,17H,1-2H3. The van der Waals surface area contributed by atoms with E-state index in [2.05, 4.69) is 10.4 Å². The minimum absolute atomic E-state index is 0.0623. The summed E-state index contributed by atoms with van der Waals surface area (Å²) in [5.74, 6) is 0. The summed E-state index contributed by atoms with van der Waals surface area (Å²) in [6.07, 6.45) is 1.75. The molecule has 0 aliphatic carbocycles. The van der Waals surface area contributed by atoms with E-state index in [1.54, 1.807) is 18.3 Å². The monoisotopic (exact) mass is 303 g/mol. The van der Waals surface area contributed by atoms with E-state index in [0.29, 0.717) is 15.1 Å². The smallest absolute Gasteiger partial charge is 0.0654 e. The number of hydrogen-bond acceptors (Lipinski definition) is 2. The van der Waals surface area contributed by atoms with Crippen LogP contribution in [-0.2, 0) is 7.05 Å². The molecular formula is C12H12Cl3N3. The van der Waals surface area contributed by atoms with Crippen molar-refractivity contribution in [2.45, 2.75) is 13.0 Å². The van der Waals surface area contributed by atoms with Crippen LogP contribution in [-0.4, -0.2) is 9.78 Å². The van der Waals surface area contributed by atoms with Crippen molar-refractivity contribution in [3.05, 3.63) is 45.2 Å². The minimum atomic E-state index is 0.0623. The first-order valence-corrected chi connectivity index (χ1v) is 6.51. The molecule has 0 saturated heterocycles. The zero-order valence-electron chi connectivity index (χ0n) is 9.92. The Kier molecular flexibility index (Phi) is 4.05. The fraction of sp³-hybridized carbons (Fsp3) is 0.250. The maximum Gasteiger partial charge on any atom is 0.0654 e. The highest BCUT2D eigenvalue weighted by atomic mass is 35.5. The van der Waals surface area contributed by atoms with Gasteiger partial charge in [0.05, 0.1) is 32.5 Å². The molecule has 0 amide bonds. The molecule has 0 aliphatic rings. The van der Waals surface area contributed by atoms with Crippen LogP contribution in [0, 0.1) is 0 Å². The molecule has 0 fully saturated rings. The van der Waals surface area contributed by atoms with Gasteiger partial charge < -0.3 is 5.32 Å². The highest BCUT2D eigenvalue weighted by Crippen LogP contribution is 2.33. The molecule has 1 atom stereocenters. The van der Waals surface area contributed by atoms with E-state index >= 15 is 0 Å². The van der Waals surface area contributed by atoms with Crippen molar-refractivity contribution in [3.8, 4) is 0 Å². The summed E-state index contributed by atoms with van der Waals surface area (Å²) >= 11 is 18.0. The lowest BCUT2D eigenvalue weighted by atomic mass is 10.2. The summed E-state index contributed by atoms with van der Waals surface area (Å²) in [5.41, 5.74) is 1.80. The number of rotatable bonds is 3. The Morgan fingerprint density at radius 1 is 1.17 bits per heavy atom. The second kappa shape index (κ2) is 5.39. The molecule has 2 aromatic rings. The van der Waals surface area contributed by atoms with Gasteiger partial charge in [0.15, 0.2) is 0 Å². The first kappa shape index (κ1) is 13.5. The molecule has 1 unspecified atom stereocenters. The van der Waals surface area contributed by atoms with Gasteiger partial charge in [-0.2, -0.15) is 5.10 Å². The van der Waals surface area contributed by atoms with Gasteiger partial charge in [-0.3, -0.25) is 4.68 Å². The van der Waals surface area contributed by atoms with Crippen molar-refractivity contribution in [1.29, 1.82) is 0 Å². The molecule has 1 N–H and O–H groups in total. The summed E-state index contributed by atoms with van der Waals surface area (Å²) in [5, 5.41) is 8.87. The highest BCUT2D eigenvalue weighted by Gasteiger charge is 2.12. The SMILES string of the molecule is CC(Nc1cc(Cl)c(Cl)cc1Cl)c1ccnn1C. The molecule has 0 spiro atoms. The van der Waals surface area contributed by atoms with E-state index in [1.807, 2.05) is 24.7 Å². The number of nitrogens with zero attached hydrogens (tertiary/aromatic N) is 2. The highest BCUT2D eigenvalue weighted by molar-refractivity contribution is 6.44. The maximum absolute atomic E-state index is 6.12. The van der Waals surface area contributed by atoms with Crippen molar-refractivity contribution < 1.29 is 0 Å². The predicted octanol–water partition coefficient (Wildman–Crippen LogP) is 4.55. The predicted molar refractivity (Wildman–Crippen MR) is 76.7 cm³/mol. The van der Waals surface area contributed by atoms with Crippen LogP contribution in [0.5, 0.6) is 0 Å². The average Bonchev–Trinajstić information content (AvgIpc) is 2.72. The first-order chi connectivity index (χ1) is 8.49. The fourth-order valence-corrected chi connectivity index (χ4v) is 2.35. The Bertz CT molecular complexity index is 566.